The molecule has 0 bridgehead atoms. The number of aliphatic hydroxyl groups is 1. The normalized spacial score (nSPS) is 16.2. The first kappa shape index (κ1) is 38.4. The van der Waals surface area contributed by atoms with Crippen LogP contribution >= 0.6 is 0 Å². The fraction of sp³-hybridized carbons (Fsp3) is 0.429. The lowest BCUT2D eigenvalue weighted by Gasteiger charge is -2.44. The summed E-state index contributed by atoms with van der Waals surface area (Å²) in [4.78, 5) is 56.0. The van der Waals surface area contributed by atoms with Gasteiger partial charge < -0.3 is 38.7 Å². The molecule has 16 heteroatoms. The minimum atomic E-state index is -1.36. The van der Waals surface area contributed by atoms with Crippen molar-refractivity contribution < 1.29 is 47.0 Å². The fourth-order valence-electron chi connectivity index (χ4n) is 5.99. The van der Waals surface area contributed by atoms with Gasteiger partial charge in [-0.1, -0.05) is 0 Å². The van der Waals surface area contributed by atoms with Crippen molar-refractivity contribution in [1.82, 2.24) is 19.4 Å². The third-order valence-corrected chi connectivity index (χ3v) is 9.13. The number of likely N-dealkylation sites (tertiary alicyclic amines) is 1. The highest BCUT2D eigenvalue weighted by atomic mass is 19.2. The SMILES string of the molecule is COC=O.Cc1cc(NC(=O)c2ncc(-c3ccc(OCC#N)c(F)c3F)n2C)ccc1C(=O)N1CCN(C(=O)C2(O)CC[N+](C)(C)CC2)CC1. The molecule has 14 nitrogen and oxygen atoms in total. The molecule has 0 saturated carbocycles. The lowest BCUT2D eigenvalue weighted by atomic mass is 9.88. The Bertz CT molecular complexity index is 1820. The number of piperidine rings is 1. The number of imidazole rings is 1. The Morgan fingerprint density at radius 1 is 1.08 bits per heavy atom. The zero-order valence-corrected chi connectivity index (χ0v) is 29.2. The molecule has 272 valence electrons. The Kier molecular flexibility index (Phi) is 12.1. The second-order valence-electron chi connectivity index (χ2n) is 13.0. The number of carbonyl (C=O) groups excluding carboxylic acids is 4. The van der Waals surface area contributed by atoms with E-state index in [1.807, 2.05) is 0 Å². The van der Waals surface area contributed by atoms with E-state index in [0.29, 0.717) is 62.3 Å². The number of halogens is 2. The van der Waals surface area contributed by atoms with Crippen LogP contribution in [0.3, 0.4) is 0 Å². The summed E-state index contributed by atoms with van der Waals surface area (Å²) in [5.74, 6) is -3.99. The van der Waals surface area contributed by atoms with E-state index in [4.69, 9.17) is 14.8 Å². The molecule has 2 fully saturated rings. The van der Waals surface area contributed by atoms with Gasteiger partial charge in [-0.25, -0.2) is 9.37 Å². The first-order valence-corrected chi connectivity index (χ1v) is 16.2. The van der Waals surface area contributed by atoms with Gasteiger partial charge in [0.2, 0.25) is 5.82 Å². The molecule has 3 aromatic rings. The Morgan fingerprint density at radius 3 is 2.29 bits per heavy atom. The van der Waals surface area contributed by atoms with Crippen LogP contribution in [0.2, 0.25) is 0 Å². The van der Waals surface area contributed by atoms with Crippen molar-refractivity contribution in [3.05, 3.63) is 65.1 Å². The van der Waals surface area contributed by atoms with Gasteiger partial charge in [-0.15, -0.1) is 0 Å². The smallest absolute Gasteiger partial charge is 0.292 e. The fourth-order valence-corrected chi connectivity index (χ4v) is 5.99. The number of quaternary nitrogens is 1. The molecule has 2 N–H and O–H groups in total. The summed E-state index contributed by atoms with van der Waals surface area (Å²) in [6, 6.07) is 9.03. The first-order valence-electron chi connectivity index (χ1n) is 16.2. The average Bonchev–Trinajstić information content (AvgIpc) is 3.50. The minimum Gasteiger partial charge on any atom is -0.476 e. The van der Waals surface area contributed by atoms with Crippen molar-refractivity contribution in [2.24, 2.45) is 7.05 Å². The van der Waals surface area contributed by atoms with Gasteiger partial charge in [-0.05, 0) is 42.8 Å². The third-order valence-electron chi connectivity index (χ3n) is 9.13. The first-order chi connectivity index (χ1) is 24.2. The maximum absolute atomic E-state index is 14.8. The Labute approximate surface area is 294 Å². The number of anilines is 1. The molecule has 0 radical (unpaired) electrons. The Morgan fingerprint density at radius 2 is 1.71 bits per heavy atom. The predicted molar refractivity (Wildman–Crippen MR) is 180 cm³/mol. The van der Waals surface area contributed by atoms with Crippen LogP contribution < -0.4 is 10.1 Å². The molecule has 2 aliphatic heterocycles. The van der Waals surface area contributed by atoms with Crippen LogP contribution in [0.25, 0.3) is 11.3 Å². The number of aryl methyl sites for hydroxylation is 1. The monoisotopic (exact) mass is 710 g/mol. The van der Waals surface area contributed by atoms with Crippen molar-refractivity contribution in [1.29, 1.82) is 5.26 Å². The largest absolute Gasteiger partial charge is 0.476 e. The number of hydrogen-bond acceptors (Lipinski definition) is 9. The zero-order valence-electron chi connectivity index (χ0n) is 29.2. The minimum absolute atomic E-state index is 0.0597. The summed E-state index contributed by atoms with van der Waals surface area (Å²) in [7, 11) is 6.97. The van der Waals surface area contributed by atoms with Gasteiger partial charge in [0.1, 0.15) is 6.07 Å². The highest BCUT2D eigenvalue weighted by Gasteiger charge is 2.45. The van der Waals surface area contributed by atoms with Gasteiger partial charge in [0.25, 0.3) is 24.2 Å². The quantitative estimate of drug-likeness (QED) is 0.264. The van der Waals surface area contributed by atoms with E-state index in [1.54, 1.807) is 41.0 Å². The maximum atomic E-state index is 14.8. The number of rotatable bonds is 8. The van der Waals surface area contributed by atoms with Crippen molar-refractivity contribution in [2.45, 2.75) is 25.4 Å². The number of nitrogens with zero attached hydrogens (tertiary/aromatic N) is 6. The Hall–Kier alpha value is -5.40. The number of carbonyl (C=O) groups is 4. The summed E-state index contributed by atoms with van der Waals surface area (Å²) in [5, 5.41) is 22.4. The van der Waals surface area contributed by atoms with Crippen molar-refractivity contribution in [3.63, 3.8) is 0 Å². The molecule has 2 aliphatic rings. The van der Waals surface area contributed by atoms with E-state index < -0.39 is 35.5 Å². The highest BCUT2D eigenvalue weighted by Crippen LogP contribution is 2.31. The lowest BCUT2D eigenvalue weighted by Crippen LogP contribution is -2.61. The summed E-state index contributed by atoms with van der Waals surface area (Å²) < 4.78 is 40.2. The van der Waals surface area contributed by atoms with Crippen LogP contribution in [0.4, 0.5) is 14.5 Å². The topological polar surface area (TPSA) is 167 Å². The number of amides is 3. The van der Waals surface area contributed by atoms with E-state index in [-0.39, 0.29) is 28.9 Å². The number of benzene rings is 2. The molecular formula is C35H42F2N7O7+. The second kappa shape index (κ2) is 16.1. The van der Waals surface area contributed by atoms with Crippen LogP contribution in [0, 0.1) is 29.9 Å². The number of piperazine rings is 1. The number of nitriles is 1. The molecule has 0 unspecified atom stereocenters. The van der Waals surface area contributed by atoms with Gasteiger partial charge in [-0.3, -0.25) is 19.2 Å². The Balaban J connectivity index is 0.00000138. The van der Waals surface area contributed by atoms with Crippen molar-refractivity contribution in [3.8, 4) is 23.1 Å². The molecule has 0 spiro atoms. The van der Waals surface area contributed by atoms with E-state index >= 15 is 0 Å². The van der Waals surface area contributed by atoms with Crippen LogP contribution in [0.15, 0.2) is 36.5 Å². The van der Waals surface area contributed by atoms with E-state index in [0.717, 1.165) is 17.6 Å². The summed E-state index contributed by atoms with van der Waals surface area (Å²) in [5.41, 5.74) is 0.128. The maximum Gasteiger partial charge on any atom is 0.292 e. The van der Waals surface area contributed by atoms with Gasteiger partial charge >= 0.3 is 0 Å². The third kappa shape index (κ3) is 8.67. The zero-order chi connectivity index (χ0) is 37.5. The van der Waals surface area contributed by atoms with Gasteiger partial charge in [0.05, 0.1) is 46.2 Å². The molecule has 51 heavy (non-hydrogen) atoms. The number of methoxy groups -OCH3 is 1. The summed E-state index contributed by atoms with van der Waals surface area (Å²) >= 11 is 0. The predicted octanol–water partition coefficient (Wildman–Crippen LogP) is 2.50. The summed E-state index contributed by atoms with van der Waals surface area (Å²) in [6.07, 6.45) is 2.07. The van der Waals surface area contributed by atoms with E-state index in [1.165, 1.54) is 37.1 Å². The molecule has 5 rings (SSSR count). The van der Waals surface area contributed by atoms with E-state index in [9.17, 15) is 28.3 Å². The van der Waals surface area contributed by atoms with Gasteiger partial charge in [0.15, 0.2) is 29.6 Å². The van der Waals surface area contributed by atoms with Crippen molar-refractivity contribution >= 4 is 29.9 Å². The van der Waals surface area contributed by atoms with Crippen LogP contribution in [-0.4, -0.2) is 126 Å². The molecule has 2 aromatic carbocycles. The van der Waals surface area contributed by atoms with Gasteiger partial charge in [0, 0.05) is 62.9 Å². The second-order valence-corrected chi connectivity index (χ2v) is 13.0. The van der Waals surface area contributed by atoms with Crippen LogP contribution in [-0.2, 0) is 21.4 Å². The molecule has 0 aliphatic carbocycles. The lowest BCUT2D eigenvalue weighted by molar-refractivity contribution is -0.897. The highest BCUT2D eigenvalue weighted by molar-refractivity contribution is 6.03. The number of hydrogen-bond donors (Lipinski definition) is 2. The average molecular weight is 711 g/mol. The number of ether oxygens (including phenoxy) is 2. The number of nitrogens with one attached hydrogen (secondary N) is 1. The van der Waals surface area contributed by atoms with Crippen molar-refractivity contribution in [2.75, 3.05) is 72.4 Å². The molecule has 0 atom stereocenters. The molecule has 2 saturated heterocycles. The van der Waals surface area contributed by atoms with Crippen LogP contribution in [0.5, 0.6) is 5.75 Å². The standard InChI is InChI=1S/C33H37F2N7O5.C2H4O2/c1-21-19-22(38-30(43)29-37-20-25(39(29)2)24-7-8-26(47-18-11-36)28(35)27(24)34)5-6-23(21)31(44)40-12-14-41(15-13-40)32(45)33(46)9-16-42(3,4)17-10-33;1-4-2-3/h5-8,19-20,46H,9-10,12-18H2,1-4H3;2H,1H3/p+1. The van der Waals surface area contributed by atoms with Gasteiger partial charge in [-0.2, -0.15) is 9.65 Å². The van der Waals surface area contributed by atoms with Crippen LogP contribution in [0.1, 0.15) is 39.4 Å². The number of aromatic nitrogens is 2. The van der Waals surface area contributed by atoms with E-state index in [2.05, 4.69) is 29.1 Å². The molecule has 1 aromatic heterocycles. The molecule has 3 heterocycles. The molecular weight excluding hydrogens is 668 g/mol. The molecule has 3 amide bonds. The summed E-state index contributed by atoms with van der Waals surface area (Å²) in [6.45, 7) is 4.46.